The molecule has 2 aromatic rings. The molecule has 0 fully saturated rings. The number of carbonyl (C=O) groups is 1. The summed E-state index contributed by atoms with van der Waals surface area (Å²) >= 11 is 5.96. The van der Waals surface area contributed by atoms with Gasteiger partial charge in [-0.25, -0.2) is 4.98 Å². The highest BCUT2D eigenvalue weighted by atomic mass is 35.5. The molecule has 0 N–H and O–H groups in total. The van der Waals surface area contributed by atoms with Crippen LogP contribution in [0.15, 0.2) is 36.9 Å². The zero-order valence-corrected chi connectivity index (χ0v) is 12.4. The number of carbonyl (C=O) groups excluding carboxylic acids is 1. The first-order valence-electron chi connectivity index (χ1n) is 6.18. The predicted octanol–water partition coefficient (Wildman–Crippen LogP) is 3.55. The van der Waals surface area contributed by atoms with Gasteiger partial charge in [0, 0.05) is 17.4 Å². The number of halogens is 2. The van der Waals surface area contributed by atoms with Crippen LogP contribution in [0, 0.1) is 0 Å². The number of rotatable bonds is 2. The summed E-state index contributed by atoms with van der Waals surface area (Å²) in [4.78, 5) is 16.7. The third kappa shape index (κ3) is 2.41. The van der Waals surface area contributed by atoms with E-state index in [2.05, 4.69) is 4.98 Å². The number of fused-ring (bicyclic) bond motifs is 1. The normalized spacial score (nSPS) is 20.8. The zero-order valence-electron chi connectivity index (χ0n) is 10.8. The average molecular weight is 313 g/mol. The first-order chi connectivity index (χ1) is 9.20. The van der Waals surface area contributed by atoms with Crippen molar-refractivity contribution in [3.05, 3.63) is 47.5 Å². The predicted molar refractivity (Wildman–Crippen MR) is 79.0 cm³/mol. The molecule has 1 aromatic heterocycles. The Bertz CT molecular complexity index is 614. The van der Waals surface area contributed by atoms with Gasteiger partial charge in [-0.1, -0.05) is 18.5 Å². The molecule has 20 heavy (non-hydrogen) atoms. The van der Waals surface area contributed by atoms with Crippen LogP contribution in [0.5, 0.6) is 5.75 Å². The van der Waals surface area contributed by atoms with E-state index in [4.69, 9.17) is 16.3 Å². The van der Waals surface area contributed by atoms with E-state index in [9.17, 15) is 4.79 Å². The molecule has 0 spiro atoms. The quantitative estimate of drug-likeness (QED) is 0.851. The summed E-state index contributed by atoms with van der Waals surface area (Å²) in [6.07, 6.45) is 5.65. The maximum Gasteiger partial charge on any atom is 0.193 e. The lowest BCUT2D eigenvalue weighted by molar-refractivity contribution is 0.0670. The SMILES string of the molecule is CCC1Oc2ccc(Cl)cc2C(=O)C1n1ccnc1.Cl. The molecule has 0 bridgehead atoms. The fourth-order valence-corrected chi connectivity index (χ4v) is 2.59. The van der Waals surface area contributed by atoms with E-state index in [-0.39, 0.29) is 30.3 Å². The van der Waals surface area contributed by atoms with Crippen molar-refractivity contribution in [2.45, 2.75) is 25.5 Å². The van der Waals surface area contributed by atoms with Gasteiger partial charge in [0.25, 0.3) is 0 Å². The summed E-state index contributed by atoms with van der Waals surface area (Å²) in [5.74, 6) is 0.631. The smallest absolute Gasteiger partial charge is 0.193 e. The van der Waals surface area contributed by atoms with Crippen LogP contribution in [-0.4, -0.2) is 21.4 Å². The minimum absolute atomic E-state index is 0. The van der Waals surface area contributed by atoms with Crippen LogP contribution in [0.3, 0.4) is 0 Å². The Labute approximate surface area is 128 Å². The van der Waals surface area contributed by atoms with Crippen LogP contribution in [0.1, 0.15) is 29.7 Å². The van der Waals surface area contributed by atoms with Crippen molar-refractivity contribution < 1.29 is 9.53 Å². The van der Waals surface area contributed by atoms with Gasteiger partial charge in [0.1, 0.15) is 17.9 Å². The van der Waals surface area contributed by atoms with Crippen molar-refractivity contribution in [2.24, 2.45) is 0 Å². The summed E-state index contributed by atoms with van der Waals surface area (Å²) in [7, 11) is 0. The number of ketones is 1. The molecule has 0 saturated carbocycles. The van der Waals surface area contributed by atoms with Crippen molar-refractivity contribution >= 4 is 29.8 Å². The number of hydrogen-bond acceptors (Lipinski definition) is 3. The van der Waals surface area contributed by atoms with E-state index >= 15 is 0 Å². The van der Waals surface area contributed by atoms with Crippen LogP contribution >= 0.6 is 24.0 Å². The number of benzene rings is 1. The third-order valence-corrected chi connectivity index (χ3v) is 3.59. The summed E-state index contributed by atoms with van der Waals surface area (Å²) < 4.78 is 7.71. The van der Waals surface area contributed by atoms with E-state index < -0.39 is 0 Å². The average Bonchev–Trinajstić information content (AvgIpc) is 2.93. The van der Waals surface area contributed by atoms with Gasteiger partial charge in [-0.05, 0) is 24.6 Å². The molecule has 4 nitrogen and oxygen atoms in total. The molecule has 1 aliphatic heterocycles. The summed E-state index contributed by atoms with van der Waals surface area (Å²) in [5.41, 5.74) is 0.538. The number of aromatic nitrogens is 2. The van der Waals surface area contributed by atoms with Gasteiger partial charge in [0.15, 0.2) is 5.78 Å². The summed E-state index contributed by atoms with van der Waals surface area (Å²) in [6, 6.07) is 4.77. The van der Waals surface area contributed by atoms with E-state index in [1.807, 2.05) is 6.92 Å². The van der Waals surface area contributed by atoms with Gasteiger partial charge in [0.2, 0.25) is 0 Å². The molecule has 2 heterocycles. The van der Waals surface area contributed by atoms with Crippen molar-refractivity contribution in [3.8, 4) is 5.75 Å². The summed E-state index contributed by atoms with van der Waals surface area (Å²) in [5, 5.41) is 0.537. The maximum absolute atomic E-state index is 12.6. The molecule has 2 atom stereocenters. The van der Waals surface area contributed by atoms with Crippen LogP contribution in [-0.2, 0) is 0 Å². The molecule has 2 unspecified atom stereocenters. The highest BCUT2D eigenvalue weighted by Crippen LogP contribution is 2.36. The van der Waals surface area contributed by atoms with Crippen molar-refractivity contribution in [1.82, 2.24) is 9.55 Å². The van der Waals surface area contributed by atoms with Gasteiger partial charge in [0.05, 0.1) is 11.9 Å². The molecule has 3 rings (SSSR count). The Hall–Kier alpha value is -1.52. The summed E-state index contributed by atoms with van der Waals surface area (Å²) in [6.45, 7) is 2.00. The maximum atomic E-state index is 12.6. The molecule has 0 aliphatic carbocycles. The lowest BCUT2D eigenvalue weighted by atomic mass is 9.94. The zero-order chi connectivity index (χ0) is 13.4. The van der Waals surface area contributed by atoms with E-state index in [0.717, 1.165) is 6.42 Å². The van der Waals surface area contributed by atoms with Crippen LogP contribution < -0.4 is 4.74 Å². The molecule has 0 saturated heterocycles. The Kier molecular flexibility index (Phi) is 4.35. The molecule has 1 aliphatic rings. The molecule has 6 heteroatoms. The first kappa shape index (κ1) is 14.9. The fourth-order valence-electron chi connectivity index (χ4n) is 2.42. The molecular weight excluding hydrogens is 299 g/mol. The van der Waals surface area contributed by atoms with E-state index in [0.29, 0.717) is 16.3 Å². The standard InChI is InChI=1S/C14H13ClN2O2.ClH/c1-2-11-13(17-6-5-16-8-17)14(18)10-7-9(15)3-4-12(10)19-11;/h3-8,11,13H,2H2,1H3;1H. The van der Waals surface area contributed by atoms with Gasteiger partial charge >= 0.3 is 0 Å². The Morgan fingerprint density at radius 2 is 2.25 bits per heavy atom. The molecule has 0 amide bonds. The van der Waals surface area contributed by atoms with Crippen LogP contribution in [0.2, 0.25) is 5.02 Å². The Morgan fingerprint density at radius 3 is 2.90 bits per heavy atom. The largest absolute Gasteiger partial charge is 0.487 e. The highest BCUT2D eigenvalue weighted by molar-refractivity contribution is 6.31. The molecular formula is C14H14Cl2N2O2. The second-order valence-corrected chi connectivity index (χ2v) is 4.96. The minimum Gasteiger partial charge on any atom is -0.487 e. The van der Waals surface area contributed by atoms with Gasteiger partial charge in [-0.2, -0.15) is 0 Å². The molecule has 1 aromatic carbocycles. The third-order valence-electron chi connectivity index (χ3n) is 3.35. The number of ether oxygens (including phenoxy) is 1. The van der Waals surface area contributed by atoms with Gasteiger partial charge in [-0.15, -0.1) is 12.4 Å². The first-order valence-corrected chi connectivity index (χ1v) is 6.56. The minimum atomic E-state index is -0.376. The Balaban J connectivity index is 0.00000147. The fraction of sp³-hybridized carbons (Fsp3) is 0.286. The lowest BCUT2D eigenvalue weighted by Gasteiger charge is -2.32. The second-order valence-electron chi connectivity index (χ2n) is 4.52. The van der Waals surface area contributed by atoms with E-state index in [1.165, 1.54) is 0 Å². The van der Waals surface area contributed by atoms with Crippen molar-refractivity contribution in [3.63, 3.8) is 0 Å². The Morgan fingerprint density at radius 1 is 1.45 bits per heavy atom. The second kappa shape index (κ2) is 5.85. The monoisotopic (exact) mass is 312 g/mol. The lowest BCUT2D eigenvalue weighted by Crippen LogP contribution is -2.38. The van der Waals surface area contributed by atoms with Crippen molar-refractivity contribution in [2.75, 3.05) is 0 Å². The number of hydrogen-bond donors (Lipinski definition) is 0. The van der Waals surface area contributed by atoms with E-state index in [1.54, 1.807) is 41.5 Å². The number of nitrogens with zero attached hydrogens (tertiary/aromatic N) is 2. The number of imidazole rings is 1. The molecule has 106 valence electrons. The van der Waals surface area contributed by atoms with Crippen LogP contribution in [0.25, 0.3) is 0 Å². The van der Waals surface area contributed by atoms with Gasteiger partial charge in [-0.3, -0.25) is 4.79 Å². The van der Waals surface area contributed by atoms with Crippen molar-refractivity contribution in [1.29, 1.82) is 0 Å². The topological polar surface area (TPSA) is 44.1 Å². The van der Waals surface area contributed by atoms with Gasteiger partial charge < -0.3 is 9.30 Å². The molecule has 0 radical (unpaired) electrons. The number of Topliss-reactive ketones (excluding diaryl/α,β-unsaturated/α-hetero) is 1. The highest BCUT2D eigenvalue weighted by Gasteiger charge is 2.37. The van der Waals surface area contributed by atoms with Crippen LogP contribution in [0.4, 0.5) is 0 Å².